The molecule has 38 heavy (non-hydrogen) atoms. The highest BCUT2D eigenvalue weighted by Crippen LogP contribution is 2.22. The van der Waals surface area contributed by atoms with Gasteiger partial charge in [-0.05, 0) is 12.8 Å². The van der Waals surface area contributed by atoms with E-state index in [-0.39, 0.29) is 5.92 Å². The number of esters is 1. The van der Waals surface area contributed by atoms with Crippen molar-refractivity contribution in [3.8, 4) is 0 Å². The zero-order valence-corrected chi connectivity index (χ0v) is 25.5. The summed E-state index contributed by atoms with van der Waals surface area (Å²) < 4.78 is 5.05. The molecule has 0 saturated heterocycles. The molecule has 5 heteroatoms. The van der Waals surface area contributed by atoms with Gasteiger partial charge in [-0.2, -0.15) is 0 Å². The first-order chi connectivity index (χ1) is 18.6. The minimum absolute atomic E-state index is 0.234. The molecular formula is C33H66O5. The molecule has 3 unspecified atom stereocenters. The zero-order valence-electron chi connectivity index (χ0n) is 25.5. The summed E-state index contributed by atoms with van der Waals surface area (Å²) >= 11 is 0. The van der Waals surface area contributed by atoms with Gasteiger partial charge in [0.1, 0.15) is 6.10 Å². The van der Waals surface area contributed by atoms with Crippen LogP contribution in [0.4, 0.5) is 0 Å². The third-order valence-electron chi connectivity index (χ3n) is 7.90. The summed E-state index contributed by atoms with van der Waals surface area (Å²) in [5.41, 5.74) is 0. The molecule has 0 fully saturated rings. The molecule has 0 aliphatic carbocycles. The van der Waals surface area contributed by atoms with Crippen LogP contribution in [0.15, 0.2) is 0 Å². The van der Waals surface area contributed by atoms with Gasteiger partial charge in [0.15, 0.2) is 0 Å². The Bertz CT molecular complexity index is 484. The van der Waals surface area contributed by atoms with Crippen LogP contribution in [0.5, 0.6) is 0 Å². The van der Waals surface area contributed by atoms with Gasteiger partial charge in [-0.15, -0.1) is 0 Å². The number of hydrogen-bond donors (Lipinski definition) is 3. The van der Waals surface area contributed by atoms with Gasteiger partial charge in [0.2, 0.25) is 6.29 Å². The van der Waals surface area contributed by atoms with Crippen LogP contribution in [0.3, 0.4) is 0 Å². The second-order valence-electron chi connectivity index (χ2n) is 11.6. The van der Waals surface area contributed by atoms with E-state index in [1.54, 1.807) is 0 Å². The van der Waals surface area contributed by atoms with Crippen molar-refractivity contribution in [1.82, 2.24) is 0 Å². The predicted octanol–water partition coefficient (Wildman–Crippen LogP) is 9.00. The molecule has 3 N–H and O–H groups in total. The number of hydrogen-bond acceptors (Lipinski definition) is 5. The van der Waals surface area contributed by atoms with E-state index in [0.717, 1.165) is 38.5 Å². The van der Waals surface area contributed by atoms with E-state index in [1.165, 1.54) is 128 Å². The number of carbonyl (C=O) groups excluding carboxylic acids is 1. The standard InChI is InChI=1S/C33H66O5/c1-3-5-7-9-11-12-13-14-15-16-17-18-19-20-21-22-24-26-28-30(27-25-23-10-8-6-4-2)32(36)38-33(37)31(35)29-34/h30-31,33-35,37H,3-29H2,1-2H3. The fourth-order valence-electron chi connectivity index (χ4n) is 5.23. The molecule has 0 aromatic heterocycles. The van der Waals surface area contributed by atoms with Gasteiger partial charge in [-0.3, -0.25) is 4.79 Å². The molecule has 0 heterocycles. The Hall–Kier alpha value is -0.650. The van der Waals surface area contributed by atoms with Gasteiger partial charge in [-0.1, -0.05) is 168 Å². The van der Waals surface area contributed by atoms with Crippen LogP contribution >= 0.6 is 0 Å². The fraction of sp³-hybridized carbons (Fsp3) is 0.970. The maximum atomic E-state index is 12.6. The van der Waals surface area contributed by atoms with Crippen molar-refractivity contribution < 1.29 is 24.9 Å². The van der Waals surface area contributed by atoms with Crippen LogP contribution in [-0.4, -0.2) is 40.3 Å². The van der Waals surface area contributed by atoms with Crippen LogP contribution in [-0.2, 0) is 9.53 Å². The Labute approximate surface area is 236 Å². The number of carbonyl (C=O) groups is 1. The zero-order chi connectivity index (χ0) is 28.1. The van der Waals surface area contributed by atoms with E-state index in [2.05, 4.69) is 13.8 Å². The summed E-state index contributed by atoms with van der Waals surface area (Å²) in [4.78, 5) is 12.6. The van der Waals surface area contributed by atoms with E-state index < -0.39 is 25.0 Å². The molecule has 0 radical (unpaired) electrons. The lowest BCUT2D eigenvalue weighted by molar-refractivity contribution is -0.195. The van der Waals surface area contributed by atoms with Gasteiger partial charge in [0, 0.05) is 0 Å². The van der Waals surface area contributed by atoms with Crippen molar-refractivity contribution in [2.24, 2.45) is 5.92 Å². The first-order valence-electron chi connectivity index (χ1n) is 16.7. The Balaban J connectivity index is 3.83. The SMILES string of the molecule is CCCCCCCCCCCCCCCCCCCCC(CCCCCCCC)C(=O)OC(O)C(O)CO. The van der Waals surface area contributed by atoms with Crippen LogP contribution < -0.4 is 0 Å². The van der Waals surface area contributed by atoms with Crippen molar-refractivity contribution in [2.45, 2.75) is 193 Å². The monoisotopic (exact) mass is 542 g/mol. The van der Waals surface area contributed by atoms with Crippen LogP contribution in [0, 0.1) is 5.92 Å². The fourth-order valence-corrected chi connectivity index (χ4v) is 5.23. The van der Waals surface area contributed by atoms with Crippen molar-refractivity contribution in [2.75, 3.05) is 6.61 Å². The summed E-state index contributed by atoms with van der Waals surface area (Å²) in [5, 5.41) is 28.3. The molecule has 0 aromatic carbocycles. The summed E-state index contributed by atoms with van der Waals surface area (Å²) in [7, 11) is 0. The van der Waals surface area contributed by atoms with Crippen molar-refractivity contribution in [1.29, 1.82) is 0 Å². The van der Waals surface area contributed by atoms with E-state index >= 15 is 0 Å². The average molecular weight is 543 g/mol. The third kappa shape index (κ3) is 24.4. The maximum Gasteiger partial charge on any atom is 0.311 e. The molecule has 228 valence electrons. The topological polar surface area (TPSA) is 87.0 Å². The molecule has 0 aliphatic rings. The molecular weight excluding hydrogens is 476 g/mol. The van der Waals surface area contributed by atoms with E-state index in [1.807, 2.05) is 0 Å². The Morgan fingerprint density at radius 2 is 0.816 bits per heavy atom. The Morgan fingerprint density at radius 1 is 0.526 bits per heavy atom. The summed E-state index contributed by atoms with van der Waals surface area (Å²) in [5.74, 6) is -0.673. The highest BCUT2D eigenvalue weighted by molar-refractivity contribution is 5.72. The number of aliphatic hydroxyl groups is 3. The highest BCUT2D eigenvalue weighted by atomic mass is 16.6. The minimum Gasteiger partial charge on any atom is -0.433 e. The molecule has 0 bridgehead atoms. The lowest BCUT2D eigenvalue weighted by Crippen LogP contribution is -2.35. The van der Waals surface area contributed by atoms with Crippen molar-refractivity contribution >= 4 is 5.97 Å². The van der Waals surface area contributed by atoms with Crippen LogP contribution in [0.2, 0.25) is 0 Å². The molecule has 3 atom stereocenters. The number of unbranched alkanes of at least 4 members (excludes halogenated alkanes) is 22. The number of ether oxygens (including phenoxy) is 1. The molecule has 0 rings (SSSR count). The molecule has 0 saturated carbocycles. The third-order valence-corrected chi connectivity index (χ3v) is 7.90. The van der Waals surface area contributed by atoms with E-state index in [9.17, 15) is 15.0 Å². The van der Waals surface area contributed by atoms with Crippen LogP contribution in [0.25, 0.3) is 0 Å². The summed E-state index contributed by atoms with van der Waals surface area (Å²) in [6.45, 7) is 3.86. The Morgan fingerprint density at radius 3 is 1.11 bits per heavy atom. The predicted molar refractivity (Wildman–Crippen MR) is 160 cm³/mol. The van der Waals surface area contributed by atoms with Crippen molar-refractivity contribution in [3.05, 3.63) is 0 Å². The van der Waals surface area contributed by atoms with Crippen molar-refractivity contribution in [3.63, 3.8) is 0 Å². The molecule has 0 spiro atoms. The molecule has 5 nitrogen and oxygen atoms in total. The van der Waals surface area contributed by atoms with E-state index in [0.29, 0.717) is 0 Å². The first kappa shape index (κ1) is 37.4. The van der Waals surface area contributed by atoms with Gasteiger partial charge < -0.3 is 20.1 Å². The van der Waals surface area contributed by atoms with Gasteiger partial charge in [0.25, 0.3) is 0 Å². The quantitative estimate of drug-likeness (QED) is 0.0479. The first-order valence-corrected chi connectivity index (χ1v) is 16.7. The smallest absolute Gasteiger partial charge is 0.311 e. The molecule has 0 amide bonds. The number of aliphatic hydroxyl groups excluding tert-OH is 3. The second kappa shape index (κ2) is 29.3. The number of rotatable bonds is 30. The lowest BCUT2D eigenvalue weighted by atomic mass is 9.94. The normalized spacial score (nSPS) is 13.9. The van der Waals surface area contributed by atoms with Gasteiger partial charge in [-0.25, -0.2) is 0 Å². The average Bonchev–Trinajstić information content (AvgIpc) is 2.92. The lowest BCUT2D eigenvalue weighted by Gasteiger charge is -2.21. The van der Waals surface area contributed by atoms with E-state index in [4.69, 9.17) is 9.84 Å². The highest BCUT2D eigenvalue weighted by Gasteiger charge is 2.25. The largest absolute Gasteiger partial charge is 0.433 e. The minimum atomic E-state index is -1.65. The summed E-state index contributed by atoms with van der Waals surface area (Å²) in [6.07, 6.45) is 29.6. The summed E-state index contributed by atoms with van der Waals surface area (Å²) in [6, 6.07) is 0. The van der Waals surface area contributed by atoms with Gasteiger partial charge in [0.05, 0.1) is 12.5 Å². The van der Waals surface area contributed by atoms with Crippen LogP contribution in [0.1, 0.15) is 181 Å². The molecule has 0 aromatic rings. The Kier molecular flexibility index (Phi) is 28.8. The molecule has 0 aliphatic heterocycles. The second-order valence-corrected chi connectivity index (χ2v) is 11.6. The van der Waals surface area contributed by atoms with Gasteiger partial charge >= 0.3 is 5.97 Å². The maximum absolute atomic E-state index is 12.6.